The van der Waals surface area contributed by atoms with Gasteiger partial charge in [0.25, 0.3) is 0 Å². The molecule has 0 bridgehead atoms. The molecule has 6 heteroatoms. The molecule has 5 nitrogen and oxygen atoms in total. The predicted molar refractivity (Wildman–Crippen MR) is 65.2 cm³/mol. The number of anilines is 1. The predicted octanol–water partition coefficient (Wildman–Crippen LogP) is 0.914. The number of ether oxygens (including phenoxy) is 1. The third-order valence-corrected chi connectivity index (χ3v) is 3.47. The van der Waals surface area contributed by atoms with E-state index in [1.165, 1.54) is 0 Å². The van der Waals surface area contributed by atoms with E-state index in [4.69, 9.17) is 22.1 Å². The maximum atomic E-state index is 6.14. The number of morpholine rings is 1. The van der Waals surface area contributed by atoms with Crippen molar-refractivity contribution in [2.45, 2.75) is 18.4 Å². The summed E-state index contributed by atoms with van der Waals surface area (Å²) in [5, 5.41) is 0.466. The molecule has 0 atom stereocenters. The standard InChI is InChI=1S/C11H15ClN4O/c12-9-7-8(11(13)1-2-11)14-10(15-9)16-3-5-17-6-4-16/h7H,1-6,13H2. The average molecular weight is 255 g/mol. The van der Waals surface area contributed by atoms with Gasteiger partial charge in [-0.05, 0) is 18.9 Å². The quantitative estimate of drug-likeness (QED) is 0.795. The van der Waals surface area contributed by atoms with Gasteiger partial charge in [0.05, 0.1) is 24.4 Å². The van der Waals surface area contributed by atoms with Crippen LogP contribution in [0.1, 0.15) is 18.5 Å². The minimum atomic E-state index is -0.270. The molecule has 1 aliphatic heterocycles. The van der Waals surface area contributed by atoms with E-state index >= 15 is 0 Å². The molecule has 1 aromatic rings. The van der Waals surface area contributed by atoms with E-state index in [1.807, 2.05) is 0 Å². The summed E-state index contributed by atoms with van der Waals surface area (Å²) in [4.78, 5) is 10.9. The van der Waals surface area contributed by atoms with Crippen LogP contribution in [0.4, 0.5) is 5.95 Å². The molecule has 17 heavy (non-hydrogen) atoms. The van der Waals surface area contributed by atoms with Crippen LogP contribution in [0.15, 0.2) is 6.07 Å². The first-order valence-electron chi connectivity index (χ1n) is 5.84. The van der Waals surface area contributed by atoms with E-state index in [0.29, 0.717) is 24.3 Å². The van der Waals surface area contributed by atoms with E-state index in [0.717, 1.165) is 31.6 Å². The summed E-state index contributed by atoms with van der Waals surface area (Å²) in [6.07, 6.45) is 1.95. The molecule has 1 saturated heterocycles. The van der Waals surface area contributed by atoms with Gasteiger partial charge >= 0.3 is 0 Å². The second kappa shape index (κ2) is 4.08. The highest BCUT2D eigenvalue weighted by Gasteiger charge is 2.42. The van der Waals surface area contributed by atoms with Crippen molar-refractivity contribution < 1.29 is 4.74 Å². The Bertz CT molecular complexity index is 429. The second-order valence-electron chi connectivity index (χ2n) is 4.63. The Balaban J connectivity index is 1.90. The Morgan fingerprint density at radius 1 is 1.29 bits per heavy atom. The number of nitrogens with zero attached hydrogens (tertiary/aromatic N) is 3. The van der Waals surface area contributed by atoms with Gasteiger partial charge < -0.3 is 15.4 Å². The smallest absolute Gasteiger partial charge is 0.227 e. The monoisotopic (exact) mass is 254 g/mol. The fourth-order valence-corrected chi connectivity index (χ4v) is 2.14. The first-order chi connectivity index (χ1) is 8.17. The molecule has 2 heterocycles. The zero-order chi connectivity index (χ0) is 11.9. The molecule has 2 N–H and O–H groups in total. The SMILES string of the molecule is NC1(c2cc(Cl)nc(N3CCOCC3)n2)CC1. The lowest BCUT2D eigenvalue weighted by Crippen LogP contribution is -2.38. The van der Waals surface area contributed by atoms with Crippen molar-refractivity contribution in [3.8, 4) is 0 Å². The van der Waals surface area contributed by atoms with Gasteiger partial charge in [-0.25, -0.2) is 9.97 Å². The van der Waals surface area contributed by atoms with E-state index in [-0.39, 0.29) is 5.54 Å². The van der Waals surface area contributed by atoms with E-state index in [1.54, 1.807) is 6.07 Å². The summed E-state index contributed by atoms with van der Waals surface area (Å²) in [7, 11) is 0. The van der Waals surface area contributed by atoms with Gasteiger partial charge in [-0.1, -0.05) is 11.6 Å². The number of hydrogen-bond acceptors (Lipinski definition) is 5. The summed E-state index contributed by atoms with van der Waals surface area (Å²) in [5.74, 6) is 0.674. The van der Waals surface area contributed by atoms with Crippen LogP contribution in [0, 0.1) is 0 Å². The normalized spacial score (nSPS) is 22.6. The van der Waals surface area contributed by atoms with E-state index < -0.39 is 0 Å². The summed E-state index contributed by atoms with van der Waals surface area (Å²) < 4.78 is 5.31. The molecule has 2 fully saturated rings. The van der Waals surface area contributed by atoms with Crippen molar-refractivity contribution in [2.75, 3.05) is 31.2 Å². The van der Waals surface area contributed by atoms with Crippen molar-refractivity contribution in [3.05, 3.63) is 16.9 Å². The van der Waals surface area contributed by atoms with Crippen LogP contribution in [-0.4, -0.2) is 36.3 Å². The Labute approximate surface area is 105 Å². The third-order valence-electron chi connectivity index (χ3n) is 3.28. The van der Waals surface area contributed by atoms with Crippen LogP contribution >= 0.6 is 11.6 Å². The van der Waals surface area contributed by atoms with Gasteiger partial charge in [-0.15, -0.1) is 0 Å². The second-order valence-corrected chi connectivity index (χ2v) is 5.02. The maximum absolute atomic E-state index is 6.14. The number of aromatic nitrogens is 2. The Morgan fingerprint density at radius 2 is 2.00 bits per heavy atom. The molecular weight excluding hydrogens is 240 g/mol. The molecule has 1 saturated carbocycles. The molecule has 1 aliphatic carbocycles. The Kier molecular flexibility index (Phi) is 2.69. The van der Waals surface area contributed by atoms with Crippen LogP contribution in [0.3, 0.4) is 0 Å². The largest absolute Gasteiger partial charge is 0.378 e. The molecule has 0 radical (unpaired) electrons. The molecule has 2 aliphatic rings. The number of nitrogens with two attached hydrogens (primary N) is 1. The lowest BCUT2D eigenvalue weighted by Gasteiger charge is -2.27. The van der Waals surface area contributed by atoms with Gasteiger partial charge in [-0.2, -0.15) is 0 Å². The first kappa shape index (κ1) is 11.2. The van der Waals surface area contributed by atoms with Crippen molar-refractivity contribution in [1.82, 2.24) is 9.97 Å². The maximum Gasteiger partial charge on any atom is 0.227 e. The summed E-state index contributed by atoms with van der Waals surface area (Å²) in [6.45, 7) is 3.02. The highest BCUT2D eigenvalue weighted by atomic mass is 35.5. The fourth-order valence-electron chi connectivity index (χ4n) is 1.96. The summed E-state index contributed by atoms with van der Waals surface area (Å²) in [6, 6.07) is 1.78. The molecule has 0 unspecified atom stereocenters. The van der Waals surface area contributed by atoms with Gasteiger partial charge in [-0.3, -0.25) is 0 Å². The highest BCUT2D eigenvalue weighted by molar-refractivity contribution is 6.29. The number of rotatable bonds is 2. The fraction of sp³-hybridized carbons (Fsp3) is 0.636. The first-order valence-corrected chi connectivity index (χ1v) is 6.22. The molecule has 3 rings (SSSR count). The summed E-state index contributed by atoms with van der Waals surface area (Å²) >= 11 is 6.04. The van der Waals surface area contributed by atoms with Crippen molar-refractivity contribution in [2.24, 2.45) is 5.73 Å². The van der Waals surface area contributed by atoms with Crippen LogP contribution in [-0.2, 0) is 10.3 Å². The zero-order valence-electron chi connectivity index (χ0n) is 9.53. The van der Waals surface area contributed by atoms with Crippen LogP contribution in [0.25, 0.3) is 0 Å². The third kappa shape index (κ3) is 2.22. The number of halogens is 1. The molecule has 1 aromatic heterocycles. The molecule has 92 valence electrons. The van der Waals surface area contributed by atoms with Gasteiger partial charge in [0.15, 0.2) is 0 Å². The van der Waals surface area contributed by atoms with E-state index in [9.17, 15) is 0 Å². The molecule has 0 spiro atoms. The van der Waals surface area contributed by atoms with Crippen LogP contribution < -0.4 is 10.6 Å². The highest BCUT2D eigenvalue weighted by Crippen LogP contribution is 2.42. The van der Waals surface area contributed by atoms with Gasteiger partial charge in [0.1, 0.15) is 5.15 Å². The van der Waals surface area contributed by atoms with E-state index in [2.05, 4.69) is 14.9 Å². The Hall–Kier alpha value is -0.910. The zero-order valence-corrected chi connectivity index (χ0v) is 10.3. The minimum absolute atomic E-state index is 0.270. The number of hydrogen-bond donors (Lipinski definition) is 1. The average Bonchev–Trinajstić information content (AvgIpc) is 3.09. The van der Waals surface area contributed by atoms with Crippen molar-refractivity contribution in [3.63, 3.8) is 0 Å². The molecule has 0 aromatic carbocycles. The lowest BCUT2D eigenvalue weighted by atomic mass is 10.2. The van der Waals surface area contributed by atoms with Crippen molar-refractivity contribution in [1.29, 1.82) is 0 Å². The summed E-state index contributed by atoms with van der Waals surface area (Å²) in [5.41, 5.74) is 6.73. The topological polar surface area (TPSA) is 64.3 Å². The molecular formula is C11H15ClN4O. The lowest BCUT2D eigenvalue weighted by molar-refractivity contribution is 0.122. The van der Waals surface area contributed by atoms with Crippen LogP contribution in [0.2, 0.25) is 5.15 Å². The Morgan fingerprint density at radius 3 is 2.65 bits per heavy atom. The minimum Gasteiger partial charge on any atom is -0.378 e. The van der Waals surface area contributed by atoms with Crippen LogP contribution in [0.5, 0.6) is 0 Å². The van der Waals surface area contributed by atoms with Crippen molar-refractivity contribution >= 4 is 17.5 Å². The van der Waals surface area contributed by atoms with Gasteiger partial charge in [0, 0.05) is 13.1 Å². The molecule has 0 amide bonds. The van der Waals surface area contributed by atoms with Gasteiger partial charge in [0.2, 0.25) is 5.95 Å².